The average Bonchev–Trinajstić information content (AvgIpc) is 3.00. The molecule has 2 heterocycles. The normalized spacial score (nSPS) is 20.2. The van der Waals surface area contributed by atoms with Crippen LogP contribution in [-0.4, -0.2) is 66.1 Å². The van der Waals surface area contributed by atoms with Crippen LogP contribution in [0.15, 0.2) is 63.8 Å². The van der Waals surface area contributed by atoms with Crippen molar-refractivity contribution in [1.82, 2.24) is 0 Å². The summed E-state index contributed by atoms with van der Waals surface area (Å²) in [5, 5.41) is 24.2. The number of aryl methyl sites for hydroxylation is 1. The largest absolute Gasteiger partial charge is 0.508 e. The van der Waals surface area contributed by atoms with Crippen LogP contribution in [0.3, 0.4) is 0 Å². The maximum Gasteiger partial charge on any atom is 0.404 e. The predicted octanol–water partition coefficient (Wildman–Crippen LogP) is 4.49. The lowest BCUT2D eigenvalue weighted by atomic mass is 9.89. The number of rotatable bonds is 11. The highest BCUT2D eigenvalue weighted by atomic mass is 16.7. The number of phenolic OH excluding ortho intramolecular Hbond substituents is 1. The zero-order chi connectivity index (χ0) is 34.6. The first-order valence-corrected chi connectivity index (χ1v) is 14.8. The molecule has 2 aromatic carbocycles. The molecule has 47 heavy (non-hydrogen) atoms. The van der Waals surface area contributed by atoms with Crippen LogP contribution in [-0.2, 0) is 20.6 Å². The molecular formula is C34H40N2O11. The van der Waals surface area contributed by atoms with Crippen molar-refractivity contribution in [2.75, 3.05) is 19.0 Å². The number of hydrogen-bond acceptors (Lipinski definition) is 11. The van der Waals surface area contributed by atoms with E-state index in [1.165, 1.54) is 25.3 Å². The zero-order valence-electron chi connectivity index (χ0n) is 27.1. The Balaban J connectivity index is 1.71. The molecule has 0 radical (unpaired) electrons. The number of primary amides is 1. The highest BCUT2D eigenvalue weighted by Crippen LogP contribution is 2.39. The number of aliphatic hydroxyl groups excluding tert-OH is 1. The van der Waals surface area contributed by atoms with E-state index in [-0.39, 0.29) is 40.7 Å². The van der Waals surface area contributed by atoms with Crippen LogP contribution in [0.5, 0.6) is 17.2 Å². The summed E-state index contributed by atoms with van der Waals surface area (Å²) in [5.41, 5.74) is 5.24. The fourth-order valence-electron chi connectivity index (χ4n) is 5.34. The molecule has 1 aliphatic heterocycles. The lowest BCUT2D eigenvalue weighted by Gasteiger charge is -2.47. The maximum atomic E-state index is 13.4. The summed E-state index contributed by atoms with van der Waals surface area (Å²) in [6, 6.07) is 7.51. The van der Waals surface area contributed by atoms with E-state index in [1.54, 1.807) is 39.0 Å². The number of nitrogens with one attached hydrogen (secondary N) is 1. The van der Waals surface area contributed by atoms with E-state index in [1.807, 2.05) is 19.9 Å². The Hall–Kier alpha value is -4.85. The number of methoxy groups -OCH3 is 1. The molecule has 0 saturated carbocycles. The lowest BCUT2D eigenvalue weighted by Crippen LogP contribution is -2.65. The van der Waals surface area contributed by atoms with Crippen LogP contribution in [0, 0.1) is 6.92 Å². The number of phenols is 1. The molecule has 4 atom stereocenters. The number of aromatic hydroxyl groups is 1. The molecule has 0 unspecified atom stereocenters. The van der Waals surface area contributed by atoms with Gasteiger partial charge in [0, 0.05) is 18.2 Å². The summed E-state index contributed by atoms with van der Waals surface area (Å²) in [6.45, 7) is 12.5. The standard InChI is InChI=1S/C34H40N2O11/c1-8-15-43-27-21-12-14-23(44-32-25(38)28(46-33(35)41)29(42-7)34(5,6)47-32)18(4)26(21)45-31(40)24(27)36-30(39)20-11-13-22(37)19(16-20)10-9-17(2)3/h8-9,11-14,16,25,28-29,32,37-38H,1,10,15H2,2-7H3,(H2,35,41)(H,36,39)/t25-,28+,29-,32-/m1/s1. The number of anilines is 1. The van der Waals surface area contributed by atoms with E-state index in [4.69, 9.17) is 33.8 Å². The molecule has 1 aliphatic rings. The highest BCUT2D eigenvalue weighted by Gasteiger charge is 2.53. The molecule has 4 rings (SSSR count). The molecule has 1 saturated heterocycles. The van der Waals surface area contributed by atoms with Gasteiger partial charge in [-0.25, -0.2) is 9.59 Å². The third kappa shape index (κ3) is 7.59. The first-order valence-electron chi connectivity index (χ1n) is 14.8. The Kier molecular flexibility index (Phi) is 10.6. The number of allylic oxidation sites excluding steroid dienone is 2. The highest BCUT2D eigenvalue weighted by molar-refractivity contribution is 6.06. The van der Waals surface area contributed by atoms with Gasteiger partial charge in [0.1, 0.15) is 29.8 Å². The minimum absolute atomic E-state index is 0.00386. The number of benzene rings is 2. The molecule has 2 amide bonds. The van der Waals surface area contributed by atoms with Crippen molar-refractivity contribution in [2.24, 2.45) is 5.73 Å². The molecule has 13 heteroatoms. The Morgan fingerprint density at radius 1 is 1.19 bits per heavy atom. The smallest absolute Gasteiger partial charge is 0.404 e. The number of aliphatic hydroxyl groups is 1. The fraction of sp³-hybridized carbons (Fsp3) is 0.382. The van der Waals surface area contributed by atoms with Crippen molar-refractivity contribution >= 4 is 28.7 Å². The zero-order valence-corrected chi connectivity index (χ0v) is 27.1. The number of carbonyl (C=O) groups excluding carboxylic acids is 2. The van der Waals surface area contributed by atoms with Gasteiger partial charge in [-0.2, -0.15) is 0 Å². The number of nitrogens with two attached hydrogens (primary N) is 1. The van der Waals surface area contributed by atoms with E-state index in [0.29, 0.717) is 22.9 Å². The third-order valence-corrected chi connectivity index (χ3v) is 7.65. The second-order valence-electron chi connectivity index (χ2n) is 11.8. The summed E-state index contributed by atoms with van der Waals surface area (Å²) in [5.74, 6) is -0.371. The van der Waals surface area contributed by atoms with E-state index in [2.05, 4.69) is 11.9 Å². The fourth-order valence-corrected chi connectivity index (χ4v) is 5.34. The average molecular weight is 653 g/mol. The quantitative estimate of drug-likeness (QED) is 0.169. The predicted molar refractivity (Wildman–Crippen MR) is 173 cm³/mol. The SMILES string of the molecule is C=CCOc1c(NC(=O)c2ccc(O)c(CC=C(C)C)c2)c(=O)oc2c(C)c(O[C@@H]3OC(C)(C)[C@H](OC)[C@@H](OC(N)=O)[C@H]3O)ccc12. The minimum Gasteiger partial charge on any atom is -0.508 e. The summed E-state index contributed by atoms with van der Waals surface area (Å²) in [4.78, 5) is 38.3. The molecule has 1 fully saturated rings. The van der Waals surface area contributed by atoms with Crippen molar-refractivity contribution in [3.8, 4) is 17.2 Å². The molecule has 13 nitrogen and oxygen atoms in total. The molecule has 252 valence electrons. The Labute approximate surface area is 271 Å². The van der Waals surface area contributed by atoms with Gasteiger partial charge in [0.15, 0.2) is 23.6 Å². The Bertz CT molecular complexity index is 1760. The summed E-state index contributed by atoms with van der Waals surface area (Å²) in [6.07, 6.45) is -2.23. The molecule has 0 aliphatic carbocycles. The van der Waals surface area contributed by atoms with Crippen molar-refractivity contribution in [2.45, 2.75) is 71.2 Å². The summed E-state index contributed by atoms with van der Waals surface area (Å²) in [7, 11) is 1.38. The number of hydrogen-bond donors (Lipinski definition) is 4. The third-order valence-electron chi connectivity index (χ3n) is 7.65. The van der Waals surface area contributed by atoms with Gasteiger partial charge in [0.25, 0.3) is 5.91 Å². The van der Waals surface area contributed by atoms with Crippen LogP contribution in [0.25, 0.3) is 11.0 Å². The van der Waals surface area contributed by atoms with Gasteiger partial charge in [-0.1, -0.05) is 24.3 Å². The van der Waals surface area contributed by atoms with Gasteiger partial charge in [0.05, 0.1) is 11.0 Å². The first kappa shape index (κ1) is 35.0. The number of fused-ring (bicyclic) bond motifs is 1. The minimum atomic E-state index is -1.51. The van der Waals surface area contributed by atoms with E-state index >= 15 is 0 Å². The topological polar surface area (TPSA) is 189 Å². The van der Waals surface area contributed by atoms with Gasteiger partial charge < -0.3 is 49.4 Å². The van der Waals surface area contributed by atoms with Gasteiger partial charge >= 0.3 is 11.7 Å². The van der Waals surface area contributed by atoms with Crippen molar-refractivity contribution in [3.05, 3.63) is 81.7 Å². The van der Waals surface area contributed by atoms with E-state index in [0.717, 1.165) is 5.57 Å². The van der Waals surface area contributed by atoms with Crippen LogP contribution in [0.1, 0.15) is 49.2 Å². The van der Waals surface area contributed by atoms with Crippen molar-refractivity contribution in [1.29, 1.82) is 0 Å². The maximum absolute atomic E-state index is 13.4. The molecule has 0 bridgehead atoms. The number of carbonyl (C=O) groups is 2. The van der Waals surface area contributed by atoms with Crippen molar-refractivity contribution in [3.63, 3.8) is 0 Å². The molecule has 5 N–H and O–H groups in total. The van der Waals surface area contributed by atoms with Gasteiger partial charge in [0.2, 0.25) is 6.29 Å². The first-order chi connectivity index (χ1) is 22.2. The molecule has 1 aromatic heterocycles. The summed E-state index contributed by atoms with van der Waals surface area (Å²) >= 11 is 0. The summed E-state index contributed by atoms with van der Waals surface area (Å²) < 4.78 is 34.2. The van der Waals surface area contributed by atoms with Gasteiger partial charge in [-0.05, 0) is 76.9 Å². The number of ether oxygens (including phenoxy) is 5. The Morgan fingerprint density at radius 2 is 1.91 bits per heavy atom. The van der Waals surface area contributed by atoms with Crippen LogP contribution in [0.2, 0.25) is 0 Å². The second-order valence-corrected chi connectivity index (χ2v) is 11.8. The lowest BCUT2D eigenvalue weighted by molar-refractivity contribution is -0.304. The van der Waals surface area contributed by atoms with Crippen LogP contribution in [0.4, 0.5) is 10.5 Å². The molecular weight excluding hydrogens is 612 g/mol. The Morgan fingerprint density at radius 3 is 2.55 bits per heavy atom. The van der Waals surface area contributed by atoms with Crippen LogP contribution < -0.4 is 26.1 Å². The molecule has 3 aromatic rings. The monoisotopic (exact) mass is 652 g/mol. The molecule has 0 spiro atoms. The van der Waals surface area contributed by atoms with E-state index in [9.17, 15) is 24.6 Å². The van der Waals surface area contributed by atoms with E-state index < -0.39 is 47.8 Å². The second kappa shape index (κ2) is 14.3. The van der Waals surface area contributed by atoms with Gasteiger partial charge in [-0.3, -0.25) is 4.79 Å². The van der Waals surface area contributed by atoms with Gasteiger partial charge in [-0.15, -0.1) is 0 Å². The van der Waals surface area contributed by atoms with Crippen molar-refractivity contribution < 1.29 is 47.9 Å². The number of amides is 2. The van der Waals surface area contributed by atoms with Crippen LogP contribution >= 0.6 is 0 Å².